The summed E-state index contributed by atoms with van der Waals surface area (Å²) >= 11 is 1.21. The van der Waals surface area contributed by atoms with E-state index in [2.05, 4.69) is 33.4 Å². The number of methoxy groups -OCH3 is 1. The van der Waals surface area contributed by atoms with Gasteiger partial charge in [-0.1, -0.05) is 11.8 Å². The first-order valence-electron chi connectivity index (χ1n) is 9.88. The standard InChI is InChI=1S/C22H24N4O3S/c1-15-13-17(7-10-19(15)26-11-3-4-12-26)23-20(27)14-30-22-25-24-21(29-22)16-5-8-18(28-2)9-6-16/h5-10,13H,3-4,11-12,14H2,1-2H3,(H,23,27). The molecule has 0 aliphatic carbocycles. The van der Waals surface area contributed by atoms with Crippen LogP contribution in [-0.2, 0) is 4.79 Å². The lowest BCUT2D eigenvalue weighted by molar-refractivity contribution is -0.113. The first kappa shape index (κ1) is 20.3. The largest absolute Gasteiger partial charge is 0.497 e. The van der Waals surface area contributed by atoms with Gasteiger partial charge >= 0.3 is 0 Å². The second kappa shape index (κ2) is 9.21. The Morgan fingerprint density at radius 3 is 2.63 bits per heavy atom. The molecule has 0 unspecified atom stereocenters. The Balaban J connectivity index is 1.31. The van der Waals surface area contributed by atoms with Gasteiger partial charge < -0.3 is 19.4 Å². The third-order valence-electron chi connectivity index (χ3n) is 5.00. The number of amides is 1. The summed E-state index contributed by atoms with van der Waals surface area (Å²) in [5.41, 5.74) is 4.01. The second-order valence-electron chi connectivity index (χ2n) is 7.13. The summed E-state index contributed by atoms with van der Waals surface area (Å²) in [7, 11) is 1.62. The molecule has 1 aliphatic heterocycles. The SMILES string of the molecule is COc1ccc(-c2nnc(SCC(=O)Nc3ccc(N4CCCC4)c(C)c3)o2)cc1. The highest BCUT2D eigenvalue weighted by atomic mass is 32.2. The molecule has 1 aromatic heterocycles. The van der Waals surface area contributed by atoms with Crippen LogP contribution in [0.2, 0.25) is 0 Å². The summed E-state index contributed by atoms with van der Waals surface area (Å²) in [4.78, 5) is 14.7. The van der Waals surface area contributed by atoms with Gasteiger partial charge in [0.1, 0.15) is 5.75 Å². The first-order valence-corrected chi connectivity index (χ1v) is 10.9. The predicted molar refractivity (Wildman–Crippen MR) is 118 cm³/mol. The zero-order chi connectivity index (χ0) is 20.9. The number of hydrogen-bond acceptors (Lipinski definition) is 7. The van der Waals surface area contributed by atoms with Crippen molar-refractivity contribution in [3.8, 4) is 17.2 Å². The molecule has 0 spiro atoms. The number of nitrogens with one attached hydrogen (secondary N) is 1. The third kappa shape index (κ3) is 4.76. The molecule has 8 heteroatoms. The van der Waals surface area contributed by atoms with Crippen molar-refractivity contribution < 1.29 is 13.9 Å². The van der Waals surface area contributed by atoms with Crippen LogP contribution in [0.5, 0.6) is 5.75 Å². The molecule has 2 aromatic carbocycles. The molecule has 1 aliphatic rings. The van der Waals surface area contributed by atoms with Gasteiger partial charge in [-0.2, -0.15) is 0 Å². The number of benzene rings is 2. The molecule has 0 radical (unpaired) electrons. The summed E-state index contributed by atoms with van der Waals surface area (Å²) in [5, 5.41) is 11.4. The molecular formula is C22H24N4O3S. The van der Waals surface area contributed by atoms with Gasteiger partial charge in [-0.05, 0) is 67.8 Å². The van der Waals surface area contributed by atoms with E-state index in [1.165, 1.54) is 35.9 Å². The van der Waals surface area contributed by atoms with E-state index in [0.29, 0.717) is 11.1 Å². The zero-order valence-corrected chi connectivity index (χ0v) is 17.9. The number of carbonyl (C=O) groups excluding carboxylic acids is 1. The predicted octanol–water partition coefficient (Wildman–Crippen LogP) is 4.38. The fourth-order valence-corrected chi connectivity index (χ4v) is 4.05. The van der Waals surface area contributed by atoms with Crippen LogP contribution in [0.25, 0.3) is 11.5 Å². The van der Waals surface area contributed by atoms with Crippen LogP contribution in [0.15, 0.2) is 52.1 Å². The van der Waals surface area contributed by atoms with Crippen molar-refractivity contribution in [2.75, 3.05) is 36.2 Å². The molecule has 1 fully saturated rings. The van der Waals surface area contributed by atoms with Crippen molar-refractivity contribution in [3.05, 3.63) is 48.0 Å². The van der Waals surface area contributed by atoms with Crippen LogP contribution >= 0.6 is 11.8 Å². The fraction of sp³-hybridized carbons (Fsp3) is 0.318. The van der Waals surface area contributed by atoms with Gasteiger partial charge in [0.15, 0.2) is 0 Å². The molecule has 156 valence electrons. The summed E-state index contributed by atoms with van der Waals surface area (Å²) in [5.74, 6) is 1.25. The highest BCUT2D eigenvalue weighted by Crippen LogP contribution is 2.28. The van der Waals surface area contributed by atoms with Gasteiger partial charge in [0.2, 0.25) is 11.8 Å². The molecule has 0 bridgehead atoms. The van der Waals surface area contributed by atoms with Crippen LogP contribution in [0.3, 0.4) is 0 Å². The molecule has 2 heterocycles. The molecule has 3 aromatic rings. The molecule has 7 nitrogen and oxygen atoms in total. The molecule has 1 N–H and O–H groups in total. The topological polar surface area (TPSA) is 80.5 Å². The number of aromatic nitrogens is 2. The zero-order valence-electron chi connectivity index (χ0n) is 17.1. The minimum atomic E-state index is -0.113. The average molecular weight is 425 g/mol. The van der Waals surface area contributed by atoms with Crippen molar-refractivity contribution in [1.29, 1.82) is 0 Å². The van der Waals surface area contributed by atoms with Crippen LogP contribution < -0.4 is 15.0 Å². The molecule has 1 amide bonds. The maximum absolute atomic E-state index is 12.3. The van der Waals surface area contributed by atoms with Gasteiger partial charge in [-0.3, -0.25) is 4.79 Å². The summed E-state index contributed by atoms with van der Waals surface area (Å²) in [6.45, 7) is 4.29. The lowest BCUT2D eigenvalue weighted by Gasteiger charge is -2.20. The number of thioether (sulfide) groups is 1. The number of ether oxygens (including phenoxy) is 1. The maximum atomic E-state index is 12.3. The van der Waals surface area contributed by atoms with E-state index in [-0.39, 0.29) is 11.7 Å². The van der Waals surface area contributed by atoms with E-state index in [9.17, 15) is 4.79 Å². The summed E-state index contributed by atoms with van der Waals surface area (Å²) in [6, 6.07) is 13.4. The van der Waals surface area contributed by atoms with Crippen LogP contribution in [0, 0.1) is 6.92 Å². The van der Waals surface area contributed by atoms with E-state index >= 15 is 0 Å². The number of aryl methyl sites for hydroxylation is 1. The highest BCUT2D eigenvalue weighted by Gasteiger charge is 2.15. The Bertz CT molecular complexity index is 1010. The van der Waals surface area contributed by atoms with Gasteiger partial charge in [-0.15, -0.1) is 10.2 Å². The Morgan fingerprint density at radius 2 is 1.93 bits per heavy atom. The van der Waals surface area contributed by atoms with Crippen LogP contribution in [-0.4, -0.2) is 42.1 Å². The molecule has 0 atom stereocenters. The molecule has 30 heavy (non-hydrogen) atoms. The summed E-state index contributed by atoms with van der Waals surface area (Å²) < 4.78 is 10.8. The molecule has 0 saturated carbocycles. The smallest absolute Gasteiger partial charge is 0.277 e. The van der Waals surface area contributed by atoms with Gasteiger partial charge in [0.05, 0.1) is 12.9 Å². The lowest BCUT2D eigenvalue weighted by atomic mass is 10.1. The van der Waals surface area contributed by atoms with Crippen molar-refractivity contribution in [2.45, 2.75) is 25.0 Å². The molecule has 1 saturated heterocycles. The summed E-state index contributed by atoms with van der Waals surface area (Å²) in [6.07, 6.45) is 2.48. The fourth-order valence-electron chi connectivity index (χ4n) is 3.49. The third-order valence-corrected chi connectivity index (χ3v) is 5.82. The van der Waals surface area contributed by atoms with Crippen molar-refractivity contribution >= 4 is 29.0 Å². The van der Waals surface area contributed by atoms with Crippen LogP contribution in [0.1, 0.15) is 18.4 Å². The maximum Gasteiger partial charge on any atom is 0.277 e. The van der Waals surface area contributed by atoms with Crippen molar-refractivity contribution in [1.82, 2.24) is 10.2 Å². The van der Waals surface area contributed by atoms with Crippen LogP contribution in [0.4, 0.5) is 11.4 Å². The Hall–Kier alpha value is -3.00. The molecule has 4 rings (SSSR count). The average Bonchev–Trinajstić information content (AvgIpc) is 3.45. The quantitative estimate of drug-likeness (QED) is 0.564. The van der Waals surface area contributed by atoms with E-state index < -0.39 is 0 Å². The first-order chi connectivity index (χ1) is 14.6. The Kier molecular flexibility index (Phi) is 6.23. The van der Waals surface area contributed by atoms with Gasteiger partial charge in [0, 0.05) is 30.0 Å². The molecular weight excluding hydrogens is 400 g/mol. The van der Waals surface area contributed by atoms with E-state index in [1.807, 2.05) is 36.4 Å². The Labute approximate surface area is 179 Å². The number of anilines is 2. The number of rotatable bonds is 7. The number of nitrogens with zero attached hydrogens (tertiary/aromatic N) is 3. The van der Waals surface area contributed by atoms with Gasteiger partial charge in [0.25, 0.3) is 5.22 Å². The van der Waals surface area contributed by atoms with Gasteiger partial charge in [-0.25, -0.2) is 0 Å². The highest BCUT2D eigenvalue weighted by molar-refractivity contribution is 7.99. The Morgan fingerprint density at radius 1 is 1.17 bits per heavy atom. The van der Waals surface area contributed by atoms with Crippen molar-refractivity contribution in [2.24, 2.45) is 0 Å². The van der Waals surface area contributed by atoms with E-state index in [0.717, 1.165) is 30.1 Å². The number of hydrogen-bond donors (Lipinski definition) is 1. The lowest BCUT2D eigenvalue weighted by Crippen LogP contribution is -2.19. The monoisotopic (exact) mass is 424 g/mol. The minimum absolute atomic E-state index is 0.113. The minimum Gasteiger partial charge on any atom is -0.497 e. The van der Waals surface area contributed by atoms with E-state index in [1.54, 1.807) is 7.11 Å². The number of carbonyl (C=O) groups is 1. The normalized spacial score (nSPS) is 13.5. The van der Waals surface area contributed by atoms with Crippen molar-refractivity contribution in [3.63, 3.8) is 0 Å². The van der Waals surface area contributed by atoms with E-state index in [4.69, 9.17) is 9.15 Å². The second-order valence-corrected chi connectivity index (χ2v) is 8.06.